The molecule has 1 spiro atoms. The fourth-order valence-corrected chi connectivity index (χ4v) is 5.14. The fraction of sp³-hybridized carbons (Fsp3) is 0.800. The summed E-state index contributed by atoms with van der Waals surface area (Å²) in [4.78, 5) is 4.38. The minimum absolute atomic E-state index is 0.157. The van der Waals surface area contributed by atoms with Crippen LogP contribution < -0.4 is 0 Å². The SMILES string of the molecule is CCS(=O)(=O)N1CC2(C1)OCC[C@H]2CCOCc1csc(C)n1. The third kappa shape index (κ3) is 3.61. The smallest absolute Gasteiger partial charge is 0.214 e. The molecule has 8 heteroatoms. The Hall–Kier alpha value is -0.540. The van der Waals surface area contributed by atoms with Crippen LogP contribution in [0.25, 0.3) is 0 Å². The van der Waals surface area contributed by atoms with Crippen molar-refractivity contribution in [1.29, 1.82) is 0 Å². The van der Waals surface area contributed by atoms with Gasteiger partial charge < -0.3 is 9.47 Å². The number of hydrogen-bond acceptors (Lipinski definition) is 6. The van der Waals surface area contributed by atoms with E-state index in [0.717, 1.165) is 30.2 Å². The second kappa shape index (κ2) is 6.76. The lowest BCUT2D eigenvalue weighted by Gasteiger charge is -2.49. The van der Waals surface area contributed by atoms with E-state index in [4.69, 9.17) is 9.47 Å². The molecule has 3 rings (SSSR count). The van der Waals surface area contributed by atoms with Crippen LogP contribution in [0.2, 0.25) is 0 Å². The van der Waals surface area contributed by atoms with E-state index in [-0.39, 0.29) is 11.4 Å². The first kappa shape index (κ1) is 17.3. The van der Waals surface area contributed by atoms with Gasteiger partial charge in [-0.3, -0.25) is 0 Å². The van der Waals surface area contributed by atoms with Crippen molar-refractivity contribution in [3.63, 3.8) is 0 Å². The summed E-state index contributed by atoms with van der Waals surface area (Å²) in [7, 11) is -3.09. The van der Waals surface area contributed by atoms with E-state index >= 15 is 0 Å². The lowest BCUT2D eigenvalue weighted by molar-refractivity contribution is -0.105. The second-order valence-corrected chi connectivity index (χ2v) is 9.59. The molecule has 2 aliphatic heterocycles. The molecule has 1 atom stereocenters. The molecule has 23 heavy (non-hydrogen) atoms. The quantitative estimate of drug-likeness (QED) is 0.694. The van der Waals surface area contributed by atoms with E-state index in [9.17, 15) is 8.42 Å². The summed E-state index contributed by atoms with van der Waals surface area (Å²) in [6.07, 6.45) is 1.89. The van der Waals surface area contributed by atoms with Crippen LogP contribution in [0.1, 0.15) is 30.5 Å². The number of hydrogen-bond donors (Lipinski definition) is 0. The zero-order chi connectivity index (χ0) is 16.5. The van der Waals surface area contributed by atoms with E-state index in [1.807, 2.05) is 12.3 Å². The van der Waals surface area contributed by atoms with Crippen molar-refractivity contribution in [3.8, 4) is 0 Å². The first-order chi connectivity index (χ1) is 11.0. The molecule has 0 amide bonds. The number of aromatic nitrogens is 1. The minimum Gasteiger partial charge on any atom is -0.375 e. The molecule has 0 radical (unpaired) electrons. The average Bonchev–Trinajstić information content (AvgIpc) is 3.08. The standard InChI is InChI=1S/C15H24N2O4S2/c1-3-23(18,19)17-10-15(11-17)13(5-7-21-15)4-6-20-8-14-9-22-12(2)16-14/h9,13H,3-8,10-11H2,1-2H3/t13-/m1/s1. The fourth-order valence-electron chi connectivity index (χ4n) is 3.35. The van der Waals surface area contributed by atoms with Gasteiger partial charge in [0.15, 0.2) is 0 Å². The van der Waals surface area contributed by atoms with Gasteiger partial charge in [0.1, 0.15) is 0 Å². The van der Waals surface area contributed by atoms with Crippen LogP contribution >= 0.6 is 11.3 Å². The summed E-state index contributed by atoms with van der Waals surface area (Å²) < 4.78 is 37.0. The highest BCUT2D eigenvalue weighted by Crippen LogP contribution is 2.42. The molecular formula is C15H24N2O4S2. The van der Waals surface area contributed by atoms with Crippen molar-refractivity contribution in [2.45, 2.75) is 38.9 Å². The van der Waals surface area contributed by atoms with Crippen LogP contribution in [0.15, 0.2) is 5.38 Å². The molecule has 3 heterocycles. The molecule has 1 aromatic heterocycles. The summed E-state index contributed by atoms with van der Waals surface area (Å²) in [5.41, 5.74) is 0.705. The predicted molar refractivity (Wildman–Crippen MR) is 88.9 cm³/mol. The Morgan fingerprint density at radius 3 is 2.96 bits per heavy atom. The molecule has 2 saturated heterocycles. The van der Waals surface area contributed by atoms with Gasteiger partial charge >= 0.3 is 0 Å². The van der Waals surface area contributed by atoms with E-state index in [0.29, 0.717) is 32.2 Å². The zero-order valence-electron chi connectivity index (χ0n) is 13.7. The van der Waals surface area contributed by atoms with Crippen molar-refractivity contribution < 1.29 is 17.9 Å². The summed E-state index contributed by atoms with van der Waals surface area (Å²) in [5, 5.41) is 3.08. The Bertz CT molecular complexity index is 638. The maximum absolute atomic E-state index is 11.9. The minimum atomic E-state index is -3.09. The second-order valence-electron chi connectivity index (χ2n) is 6.27. The Morgan fingerprint density at radius 2 is 2.30 bits per heavy atom. The van der Waals surface area contributed by atoms with Crippen molar-refractivity contribution in [3.05, 3.63) is 16.1 Å². The van der Waals surface area contributed by atoms with Gasteiger partial charge in [-0.05, 0) is 32.6 Å². The maximum atomic E-state index is 11.9. The highest BCUT2D eigenvalue weighted by atomic mass is 32.2. The Labute approximate surface area is 141 Å². The van der Waals surface area contributed by atoms with E-state index < -0.39 is 10.0 Å². The van der Waals surface area contributed by atoms with Gasteiger partial charge in [0, 0.05) is 31.7 Å². The van der Waals surface area contributed by atoms with Gasteiger partial charge in [-0.1, -0.05) is 0 Å². The number of ether oxygens (including phenoxy) is 2. The molecule has 2 fully saturated rings. The molecule has 6 nitrogen and oxygen atoms in total. The number of rotatable bonds is 7. The third-order valence-electron chi connectivity index (χ3n) is 4.77. The number of sulfonamides is 1. The van der Waals surface area contributed by atoms with Crippen molar-refractivity contribution in [2.24, 2.45) is 5.92 Å². The van der Waals surface area contributed by atoms with Crippen LogP contribution in [0.4, 0.5) is 0 Å². The van der Waals surface area contributed by atoms with Crippen LogP contribution in [0, 0.1) is 12.8 Å². The lowest BCUT2D eigenvalue weighted by Crippen LogP contribution is -2.66. The highest BCUT2D eigenvalue weighted by molar-refractivity contribution is 7.89. The van der Waals surface area contributed by atoms with Gasteiger partial charge in [-0.25, -0.2) is 13.4 Å². The largest absolute Gasteiger partial charge is 0.375 e. The highest BCUT2D eigenvalue weighted by Gasteiger charge is 2.55. The zero-order valence-corrected chi connectivity index (χ0v) is 15.3. The molecule has 0 aliphatic carbocycles. The van der Waals surface area contributed by atoms with E-state index in [1.54, 1.807) is 22.6 Å². The molecule has 130 valence electrons. The van der Waals surface area contributed by atoms with Gasteiger partial charge in [-0.2, -0.15) is 4.31 Å². The summed E-state index contributed by atoms with van der Waals surface area (Å²) in [6.45, 7) is 6.59. The van der Waals surface area contributed by atoms with Crippen LogP contribution in [0.3, 0.4) is 0 Å². The van der Waals surface area contributed by atoms with E-state index in [2.05, 4.69) is 4.98 Å². The number of aryl methyl sites for hydroxylation is 1. The van der Waals surface area contributed by atoms with Crippen molar-refractivity contribution >= 4 is 21.4 Å². The van der Waals surface area contributed by atoms with Gasteiger partial charge in [0.2, 0.25) is 10.0 Å². The summed E-state index contributed by atoms with van der Waals surface area (Å²) in [5.74, 6) is 0.534. The normalized spacial score (nSPS) is 24.2. The summed E-state index contributed by atoms with van der Waals surface area (Å²) in [6, 6.07) is 0. The Balaban J connectivity index is 1.45. The average molecular weight is 361 g/mol. The monoisotopic (exact) mass is 360 g/mol. The first-order valence-electron chi connectivity index (χ1n) is 8.06. The van der Waals surface area contributed by atoms with E-state index in [1.165, 1.54) is 0 Å². The van der Waals surface area contributed by atoms with Crippen LogP contribution in [-0.2, 0) is 26.1 Å². The Morgan fingerprint density at radius 1 is 1.52 bits per heavy atom. The summed E-state index contributed by atoms with van der Waals surface area (Å²) >= 11 is 1.63. The van der Waals surface area contributed by atoms with Crippen LogP contribution in [-0.4, -0.2) is 55.4 Å². The molecule has 0 aromatic carbocycles. The van der Waals surface area contributed by atoms with Crippen LogP contribution in [0.5, 0.6) is 0 Å². The Kier molecular flexibility index (Phi) is 5.08. The maximum Gasteiger partial charge on any atom is 0.214 e. The molecule has 0 saturated carbocycles. The van der Waals surface area contributed by atoms with Gasteiger partial charge in [-0.15, -0.1) is 11.3 Å². The first-order valence-corrected chi connectivity index (χ1v) is 10.5. The number of thiazole rings is 1. The van der Waals surface area contributed by atoms with Crippen molar-refractivity contribution in [2.75, 3.05) is 32.1 Å². The molecule has 1 aromatic rings. The predicted octanol–water partition coefficient (Wildman–Crippen LogP) is 1.80. The third-order valence-corrected chi connectivity index (χ3v) is 7.37. The lowest BCUT2D eigenvalue weighted by atomic mass is 9.80. The van der Waals surface area contributed by atoms with Crippen molar-refractivity contribution in [1.82, 2.24) is 9.29 Å². The molecule has 0 N–H and O–H groups in total. The molecule has 2 aliphatic rings. The van der Waals surface area contributed by atoms with Gasteiger partial charge in [0.05, 0.1) is 28.7 Å². The topological polar surface area (TPSA) is 68.7 Å². The van der Waals surface area contributed by atoms with Gasteiger partial charge in [0.25, 0.3) is 0 Å². The number of nitrogens with zero attached hydrogens (tertiary/aromatic N) is 2. The molecule has 0 unspecified atom stereocenters. The molecular weight excluding hydrogens is 336 g/mol. The molecule has 0 bridgehead atoms.